The number of nitrogens with one attached hydrogen (secondary N) is 2. The zero-order valence-corrected chi connectivity index (χ0v) is 20.0. The fraction of sp³-hybridized carbons (Fsp3) is 0.409. The third-order valence-corrected chi connectivity index (χ3v) is 6.22. The van der Waals surface area contributed by atoms with E-state index in [0.717, 1.165) is 6.42 Å². The SMILES string of the molecule is CCCOc1c(Cl)cc(C(=O)NCc2ccccc2S(=O)(=O)NC(C)(C)C)cc1OC. The molecule has 0 aromatic heterocycles. The predicted octanol–water partition coefficient (Wildman–Crippen LogP) is 4.14. The van der Waals surface area contributed by atoms with Gasteiger partial charge in [-0.05, 0) is 51.0 Å². The van der Waals surface area contributed by atoms with Crippen LogP contribution in [0.5, 0.6) is 11.5 Å². The molecule has 0 atom stereocenters. The Hall–Kier alpha value is -2.29. The van der Waals surface area contributed by atoms with Gasteiger partial charge < -0.3 is 14.8 Å². The van der Waals surface area contributed by atoms with Gasteiger partial charge in [-0.1, -0.05) is 36.7 Å². The molecule has 0 aliphatic rings. The van der Waals surface area contributed by atoms with E-state index in [2.05, 4.69) is 10.0 Å². The zero-order valence-electron chi connectivity index (χ0n) is 18.4. The van der Waals surface area contributed by atoms with Crippen molar-refractivity contribution < 1.29 is 22.7 Å². The maximum absolute atomic E-state index is 12.8. The Morgan fingerprint density at radius 2 is 1.84 bits per heavy atom. The van der Waals surface area contributed by atoms with E-state index < -0.39 is 21.5 Å². The molecule has 2 aromatic carbocycles. The van der Waals surface area contributed by atoms with E-state index in [1.807, 2.05) is 6.92 Å². The monoisotopic (exact) mass is 468 g/mol. The van der Waals surface area contributed by atoms with Crippen LogP contribution in [0.4, 0.5) is 0 Å². The Bertz CT molecular complexity index is 1030. The van der Waals surface area contributed by atoms with Crippen molar-refractivity contribution in [1.82, 2.24) is 10.0 Å². The minimum Gasteiger partial charge on any atom is -0.493 e. The number of ether oxygens (including phenoxy) is 2. The van der Waals surface area contributed by atoms with E-state index in [1.54, 1.807) is 39.0 Å². The first-order valence-corrected chi connectivity index (χ1v) is 11.7. The van der Waals surface area contributed by atoms with Crippen LogP contribution in [0.3, 0.4) is 0 Å². The van der Waals surface area contributed by atoms with Gasteiger partial charge in [-0.25, -0.2) is 13.1 Å². The van der Waals surface area contributed by atoms with Gasteiger partial charge in [0.25, 0.3) is 5.91 Å². The number of benzene rings is 2. The number of amides is 1. The van der Waals surface area contributed by atoms with Crippen LogP contribution < -0.4 is 19.5 Å². The summed E-state index contributed by atoms with van der Waals surface area (Å²) in [6.45, 7) is 7.75. The lowest BCUT2D eigenvalue weighted by Crippen LogP contribution is -2.41. The number of hydrogen-bond donors (Lipinski definition) is 2. The van der Waals surface area contributed by atoms with E-state index in [9.17, 15) is 13.2 Å². The third-order valence-electron chi connectivity index (χ3n) is 4.08. The normalized spacial score (nSPS) is 11.8. The van der Waals surface area contributed by atoms with Gasteiger partial charge in [0.2, 0.25) is 10.0 Å². The van der Waals surface area contributed by atoms with E-state index in [1.165, 1.54) is 25.3 Å². The van der Waals surface area contributed by atoms with E-state index in [4.69, 9.17) is 21.1 Å². The van der Waals surface area contributed by atoms with Gasteiger partial charge in [0, 0.05) is 17.6 Å². The molecule has 9 heteroatoms. The average Bonchev–Trinajstić information content (AvgIpc) is 2.69. The summed E-state index contributed by atoms with van der Waals surface area (Å²) in [5.41, 5.74) is 0.108. The van der Waals surface area contributed by atoms with Gasteiger partial charge in [-0.15, -0.1) is 0 Å². The van der Waals surface area contributed by atoms with E-state index in [-0.39, 0.29) is 22.0 Å². The first-order valence-electron chi connectivity index (χ1n) is 9.89. The summed E-state index contributed by atoms with van der Waals surface area (Å²) < 4.78 is 39.1. The molecule has 0 spiro atoms. The molecule has 0 saturated heterocycles. The highest BCUT2D eigenvalue weighted by molar-refractivity contribution is 7.89. The van der Waals surface area contributed by atoms with Crippen molar-refractivity contribution in [3.05, 3.63) is 52.5 Å². The molecule has 0 aliphatic carbocycles. The molecule has 170 valence electrons. The standard InChI is InChI=1S/C22H29ClN2O5S/c1-6-11-30-20-17(23)12-16(13-18(20)29-5)21(26)24-14-15-9-7-8-10-19(15)31(27,28)25-22(2,3)4/h7-10,12-13,25H,6,11,14H2,1-5H3,(H,24,26). The first-order chi connectivity index (χ1) is 14.5. The lowest BCUT2D eigenvalue weighted by molar-refractivity contribution is 0.0950. The topological polar surface area (TPSA) is 93.7 Å². The van der Waals surface area contributed by atoms with Crippen molar-refractivity contribution in [3.8, 4) is 11.5 Å². The van der Waals surface area contributed by atoms with Crippen LogP contribution in [0.2, 0.25) is 5.02 Å². The predicted molar refractivity (Wildman–Crippen MR) is 121 cm³/mol. The van der Waals surface area contributed by atoms with E-state index >= 15 is 0 Å². The molecule has 1 amide bonds. The quantitative estimate of drug-likeness (QED) is 0.576. The summed E-state index contributed by atoms with van der Waals surface area (Å²) in [4.78, 5) is 12.8. The molecular weight excluding hydrogens is 440 g/mol. The van der Waals surface area contributed by atoms with Crippen LogP contribution in [0.1, 0.15) is 50.0 Å². The lowest BCUT2D eigenvalue weighted by Gasteiger charge is -2.21. The number of rotatable bonds is 9. The fourth-order valence-electron chi connectivity index (χ4n) is 2.84. The van der Waals surface area contributed by atoms with Crippen LogP contribution in [-0.2, 0) is 16.6 Å². The largest absolute Gasteiger partial charge is 0.493 e. The molecule has 0 unspecified atom stereocenters. The van der Waals surface area contributed by atoms with Crippen LogP contribution >= 0.6 is 11.6 Å². The summed E-state index contributed by atoms with van der Waals surface area (Å²) in [6.07, 6.45) is 0.800. The second-order valence-electron chi connectivity index (χ2n) is 7.98. The van der Waals surface area contributed by atoms with Crippen LogP contribution in [0.25, 0.3) is 0 Å². The van der Waals surface area contributed by atoms with Crippen LogP contribution in [0, 0.1) is 0 Å². The number of carbonyl (C=O) groups is 1. The van der Waals surface area contributed by atoms with Crippen LogP contribution in [-0.4, -0.2) is 33.6 Å². The van der Waals surface area contributed by atoms with Gasteiger partial charge in [-0.2, -0.15) is 0 Å². The van der Waals surface area contributed by atoms with Gasteiger partial charge in [0.15, 0.2) is 11.5 Å². The highest BCUT2D eigenvalue weighted by Gasteiger charge is 2.24. The molecule has 0 saturated carbocycles. The van der Waals surface area contributed by atoms with Gasteiger partial charge >= 0.3 is 0 Å². The lowest BCUT2D eigenvalue weighted by atomic mass is 10.1. The van der Waals surface area contributed by atoms with Gasteiger partial charge in [-0.3, -0.25) is 4.79 Å². The summed E-state index contributed by atoms with van der Waals surface area (Å²) in [7, 11) is -2.28. The molecule has 2 rings (SSSR count). The number of sulfonamides is 1. The van der Waals surface area contributed by atoms with Crippen molar-refractivity contribution in [2.75, 3.05) is 13.7 Å². The van der Waals surface area contributed by atoms with Crippen molar-refractivity contribution in [1.29, 1.82) is 0 Å². The molecule has 0 fully saturated rings. The molecule has 0 radical (unpaired) electrons. The second-order valence-corrected chi connectivity index (χ2v) is 10.0. The van der Waals surface area contributed by atoms with Gasteiger partial charge in [0.05, 0.1) is 23.6 Å². The maximum Gasteiger partial charge on any atom is 0.251 e. The molecular formula is C22H29ClN2O5S. The second kappa shape index (κ2) is 10.3. The van der Waals surface area contributed by atoms with Crippen molar-refractivity contribution in [2.24, 2.45) is 0 Å². The number of halogens is 1. The minimum absolute atomic E-state index is 0.0219. The van der Waals surface area contributed by atoms with Crippen LogP contribution in [0.15, 0.2) is 41.3 Å². The highest BCUT2D eigenvalue weighted by atomic mass is 35.5. The molecule has 2 aromatic rings. The molecule has 31 heavy (non-hydrogen) atoms. The number of methoxy groups -OCH3 is 1. The molecule has 0 heterocycles. The molecule has 7 nitrogen and oxygen atoms in total. The third kappa shape index (κ3) is 6.85. The Morgan fingerprint density at radius 1 is 1.16 bits per heavy atom. The number of carbonyl (C=O) groups excluding carboxylic acids is 1. The van der Waals surface area contributed by atoms with Crippen molar-refractivity contribution in [2.45, 2.75) is 51.1 Å². The summed E-state index contributed by atoms with van der Waals surface area (Å²) in [5, 5.41) is 3.01. The van der Waals surface area contributed by atoms with Crippen molar-refractivity contribution >= 4 is 27.5 Å². The Kier molecular flexibility index (Phi) is 8.34. The van der Waals surface area contributed by atoms with Gasteiger partial charge in [0.1, 0.15) is 0 Å². The summed E-state index contributed by atoms with van der Waals surface area (Å²) in [6, 6.07) is 9.56. The molecule has 0 aliphatic heterocycles. The Morgan fingerprint density at radius 3 is 2.45 bits per heavy atom. The summed E-state index contributed by atoms with van der Waals surface area (Å²) >= 11 is 6.28. The first kappa shape index (κ1) is 25.0. The average molecular weight is 469 g/mol. The molecule has 2 N–H and O–H groups in total. The Balaban J connectivity index is 2.23. The fourth-order valence-corrected chi connectivity index (χ4v) is 4.77. The smallest absolute Gasteiger partial charge is 0.251 e. The van der Waals surface area contributed by atoms with Crippen molar-refractivity contribution in [3.63, 3.8) is 0 Å². The zero-order chi connectivity index (χ0) is 23.2. The minimum atomic E-state index is -3.75. The highest BCUT2D eigenvalue weighted by Crippen LogP contribution is 2.36. The number of hydrogen-bond acceptors (Lipinski definition) is 5. The Labute approximate surface area is 189 Å². The summed E-state index contributed by atoms with van der Waals surface area (Å²) in [5.74, 6) is 0.314. The van der Waals surface area contributed by atoms with E-state index in [0.29, 0.717) is 23.7 Å². The maximum atomic E-state index is 12.8. The molecule has 0 bridgehead atoms.